The smallest absolute Gasteiger partial charge is 0.239 e. The first-order chi connectivity index (χ1) is 7.75. The summed E-state index contributed by atoms with van der Waals surface area (Å²) in [5.41, 5.74) is 0. The Balaban J connectivity index is 2.18. The summed E-state index contributed by atoms with van der Waals surface area (Å²) in [7, 11) is 1.68. The average Bonchev–Trinajstić information content (AvgIpc) is 2.34. The van der Waals surface area contributed by atoms with Crippen LogP contribution in [0.2, 0.25) is 0 Å². The second-order valence-electron chi connectivity index (χ2n) is 3.96. The van der Waals surface area contributed by atoms with Crippen molar-refractivity contribution < 1.29 is 14.3 Å². The summed E-state index contributed by atoms with van der Waals surface area (Å²) < 4.78 is 10.2. The maximum atomic E-state index is 11.9. The van der Waals surface area contributed by atoms with Gasteiger partial charge < -0.3 is 19.7 Å². The first-order valence-corrected chi connectivity index (χ1v) is 5.84. The lowest BCUT2D eigenvalue weighted by molar-refractivity contribution is -0.137. The lowest BCUT2D eigenvalue weighted by Crippen LogP contribution is -2.49. The highest BCUT2D eigenvalue weighted by atomic mass is 16.5. The Bertz CT molecular complexity index is 205. The summed E-state index contributed by atoms with van der Waals surface area (Å²) in [6.07, 6.45) is 0.928. The lowest BCUT2D eigenvalue weighted by Gasteiger charge is -2.29. The summed E-state index contributed by atoms with van der Waals surface area (Å²) in [4.78, 5) is 13.8. The van der Waals surface area contributed by atoms with Gasteiger partial charge >= 0.3 is 0 Å². The fourth-order valence-corrected chi connectivity index (χ4v) is 1.68. The third-order valence-corrected chi connectivity index (χ3v) is 2.67. The number of rotatable bonds is 6. The number of hydrogen-bond donors (Lipinski definition) is 1. The molecule has 1 aliphatic rings. The summed E-state index contributed by atoms with van der Waals surface area (Å²) >= 11 is 0. The number of nitrogens with one attached hydrogen (secondary N) is 1. The number of morpholine rings is 1. The zero-order valence-electron chi connectivity index (χ0n) is 10.2. The molecular formula is C11H22N2O3. The van der Waals surface area contributed by atoms with Gasteiger partial charge in [0.15, 0.2) is 0 Å². The predicted octanol–water partition coefficient (Wildman–Crippen LogP) is -0.140. The molecule has 0 radical (unpaired) electrons. The number of carbonyl (C=O) groups excluding carboxylic acids is 1. The summed E-state index contributed by atoms with van der Waals surface area (Å²) in [6, 6.07) is -0.116. The largest absolute Gasteiger partial charge is 0.385 e. The van der Waals surface area contributed by atoms with Crippen molar-refractivity contribution in [1.29, 1.82) is 0 Å². The number of nitrogens with zero attached hydrogens (tertiary/aromatic N) is 1. The predicted molar refractivity (Wildman–Crippen MR) is 61.4 cm³/mol. The van der Waals surface area contributed by atoms with Gasteiger partial charge in [-0.15, -0.1) is 0 Å². The minimum Gasteiger partial charge on any atom is -0.385 e. The van der Waals surface area contributed by atoms with E-state index in [1.165, 1.54) is 0 Å². The van der Waals surface area contributed by atoms with Crippen LogP contribution in [0.15, 0.2) is 0 Å². The molecule has 0 aromatic rings. The van der Waals surface area contributed by atoms with Crippen LogP contribution in [0.1, 0.15) is 13.3 Å². The van der Waals surface area contributed by atoms with E-state index in [2.05, 4.69) is 5.32 Å². The zero-order chi connectivity index (χ0) is 11.8. The Morgan fingerprint density at radius 3 is 2.81 bits per heavy atom. The molecule has 94 valence electrons. The topological polar surface area (TPSA) is 50.8 Å². The second-order valence-corrected chi connectivity index (χ2v) is 3.96. The van der Waals surface area contributed by atoms with Crippen molar-refractivity contribution in [1.82, 2.24) is 10.2 Å². The average molecular weight is 230 g/mol. The third-order valence-electron chi connectivity index (χ3n) is 2.67. The Kier molecular flexibility index (Phi) is 6.37. The molecule has 0 spiro atoms. The van der Waals surface area contributed by atoms with Gasteiger partial charge in [0, 0.05) is 26.8 Å². The van der Waals surface area contributed by atoms with Crippen molar-refractivity contribution in [2.45, 2.75) is 19.4 Å². The van der Waals surface area contributed by atoms with Gasteiger partial charge in [0.1, 0.15) is 0 Å². The van der Waals surface area contributed by atoms with E-state index < -0.39 is 0 Å². The molecule has 1 N–H and O–H groups in total. The molecule has 1 atom stereocenters. The van der Waals surface area contributed by atoms with Crippen LogP contribution in [0.25, 0.3) is 0 Å². The molecule has 16 heavy (non-hydrogen) atoms. The highest BCUT2D eigenvalue weighted by Gasteiger charge is 2.21. The Morgan fingerprint density at radius 1 is 1.50 bits per heavy atom. The van der Waals surface area contributed by atoms with E-state index in [4.69, 9.17) is 9.47 Å². The number of hydrogen-bond acceptors (Lipinski definition) is 4. The van der Waals surface area contributed by atoms with Crippen LogP contribution >= 0.6 is 0 Å². The molecule has 1 amide bonds. The maximum absolute atomic E-state index is 11.9. The SMILES string of the molecule is COCCCNC(C)C(=O)N1CCOCC1. The van der Waals surface area contributed by atoms with E-state index in [0.717, 1.165) is 19.6 Å². The standard InChI is InChI=1S/C11H22N2O3/c1-10(12-4-3-7-15-2)11(14)13-5-8-16-9-6-13/h10,12H,3-9H2,1-2H3. The fourth-order valence-electron chi connectivity index (χ4n) is 1.68. The van der Waals surface area contributed by atoms with Crippen LogP contribution in [0.5, 0.6) is 0 Å². The number of methoxy groups -OCH3 is 1. The van der Waals surface area contributed by atoms with Crippen molar-refractivity contribution in [2.75, 3.05) is 46.6 Å². The van der Waals surface area contributed by atoms with Crippen molar-refractivity contribution in [2.24, 2.45) is 0 Å². The number of ether oxygens (including phenoxy) is 2. The van der Waals surface area contributed by atoms with Gasteiger partial charge in [0.05, 0.1) is 19.3 Å². The van der Waals surface area contributed by atoms with Gasteiger partial charge in [-0.3, -0.25) is 4.79 Å². The molecule has 0 saturated carbocycles. The molecule has 1 fully saturated rings. The molecule has 1 rings (SSSR count). The third kappa shape index (κ3) is 4.47. The first kappa shape index (κ1) is 13.4. The van der Waals surface area contributed by atoms with E-state index in [9.17, 15) is 4.79 Å². The van der Waals surface area contributed by atoms with Crippen LogP contribution in [0.4, 0.5) is 0 Å². The van der Waals surface area contributed by atoms with E-state index in [1.54, 1.807) is 7.11 Å². The Morgan fingerprint density at radius 2 is 2.19 bits per heavy atom. The quantitative estimate of drug-likeness (QED) is 0.645. The number of amides is 1. The monoisotopic (exact) mass is 230 g/mol. The van der Waals surface area contributed by atoms with Crippen molar-refractivity contribution in [3.8, 4) is 0 Å². The minimum atomic E-state index is -0.116. The lowest BCUT2D eigenvalue weighted by atomic mass is 10.2. The van der Waals surface area contributed by atoms with Crippen molar-refractivity contribution >= 4 is 5.91 Å². The van der Waals surface area contributed by atoms with Gasteiger partial charge in [-0.25, -0.2) is 0 Å². The van der Waals surface area contributed by atoms with Crippen LogP contribution in [0.3, 0.4) is 0 Å². The van der Waals surface area contributed by atoms with E-state index >= 15 is 0 Å². The molecule has 0 aliphatic carbocycles. The van der Waals surface area contributed by atoms with Gasteiger partial charge in [-0.1, -0.05) is 0 Å². The van der Waals surface area contributed by atoms with Crippen LogP contribution in [-0.4, -0.2) is 63.4 Å². The van der Waals surface area contributed by atoms with Gasteiger partial charge in [-0.05, 0) is 19.9 Å². The van der Waals surface area contributed by atoms with E-state index in [0.29, 0.717) is 26.3 Å². The maximum Gasteiger partial charge on any atom is 0.239 e. The van der Waals surface area contributed by atoms with E-state index in [-0.39, 0.29) is 11.9 Å². The summed E-state index contributed by atoms with van der Waals surface area (Å²) in [5.74, 6) is 0.167. The van der Waals surface area contributed by atoms with Crippen LogP contribution in [0, 0.1) is 0 Å². The van der Waals surface area contributed by atoms with Gasteiger partial charge in [-0.2, -0.15) is 0 Å². The Hall–Kier alpha value is -0.650. The number of carbonyl (C=O) groups is 1. The Labute approximate surface area is 97.1 Å². The molecule has 1 saturated heterocycles. The molecular weight excluding hydrogens is 208 g/mol. The van der Waals surface area contributed by atoms with Crippen LogP contribution < -0.4 is 5.32 Å². The highest BCUT2D eigenvalue weighted by Crippen LogP contribution is 2.00. The molecule has 5 heteroatoms. The van der Waals surface area contributed by atoms with Crippen LogP contribution in [-0.2, 0) is 14.3 Å². The summed E-state index contributed by atoms with van der Waals surface area (Å²) in [6.45, 7) is 6.18. The van der Waals surface area contributed by atoms with E-state index in [1.807, 2.05) is 11.8 Å². The molecule has 5 nitrogen and oxygen atoms in total. The zero-order valence-corrected chi connectivity index (χ0v) is 10.2. The normalized spacial score (nSPS) is 18.5. The molecule has 0 aromatic carbocycles. The second kappa shape index (κ2) is 7.60. The van der Waals surface area contributed by atoms with Gasteiger partial charge in [0.25, 0.3) is 0 Å². The molecule has 0 bridgehead atoms. The summed E-state index contributed by atoms with van der Waals surface area (Å²) in [5, 5.41) is 3.20. The molecule has 1 aliphatic heterocycles. The van der Waals surface area contributed by atoms with Gasteiger partial charge in [0.2, 0.25) is 5.91 Å². The highest BCUT2D eigenvalue weighted by molar-refractivity contribution is 5.81. The minimum absolute atomic E-state index is 0.116. The molecule has 0 aromatic heterocycles. The molecule has 1 unspecified atom stereocenters. The van der Waals surface area contributed by atoms with Crippen molar-refractivity contribution in [3.05, 3.63) is 0 Å². The first-order valence-electron chi connectivity index (χ1n) is 5.84. The van der Waals surface area contributed by atoms with Crippen molar-refractivity contribution in [3.63, 3.8) is 0 Å². The molecule has 1 heterocycles. The fraction of sp³-hybridized carbons (Fsp3) is 0.909.